The van der Waals surface area contributed by atoms with E-state index in [9.17, 15) is 24.3 Å². The summed E-state index contributed by atoms with van der Waals surface area (Å²) in [5.41, 5.74) is 0. The van der Waals surface area contributed by atoms with Crippen LogP contribution in [0.25, 0.3) is 0 Å². The lowest BCUT2D eigenvalue weighted by Crippen LogP contribution is -2.47. The monoisotopic (exact) mass is 401 g/mol. The topological polar surface area (TPSA) is 139 Å². The molecular formula is C18H31N3O7. The van der Waals surface area contributed by atoms with Crippen LogP contribution in [-0.2, 0) is 19.2 Å². The summed E-state index contributed by atoms with van der Waals surface area (Å²) in [6.45, 7) is 3.70. The fourth-order valence-corrected chi connectivity index (χ4v) is 3.30. The van der Waals surface area contributed by atoms with E-state index in [2.05, 4.69) is 0 Å². The Balaban J connectivity index is 2.85. The standard InChI is InChI=1S/C18H31N3O7/c1-2-14(22)4-3-5-15(18(27)28)21-10-8-19(12-16(23)24)6-7-20(9-11-21)13-17(25)26/h15H,2-13H2,1H3,(H,23,24)(H,25,26)(H,27,28)/t15-/m1/s1. The zero-order valence-electron chi connectivity index (χ0n) is 16.4. The highest BCUT2D eigenvalue weighted by molar-refractivity contribution is 5.78. The Hall–Kier alpha value is -2.04. The number of carbonyl (C=O) groups excluding carboxylic acids is 1. The summed E-state index contributed by atoms with van der Waals surface area (Å²) in [4.78, 5) is 50.6. The van der Waals surface area contributed by atoms with E-state index in [4.69, 9.17) is 10.2 Å². The molecule has 0 aromatic carbocycles. The number of hydrogen-bond donors (Lipinski definition) is 3. The molecule has 0 unspecified atom stereocenters. The van der Waals surface area contributed by atoms with Gasteiger partial charge in [0.15, 0.2) is 0 Å². The molecular weight excluding hydrogens is 370 g/mol. The number of carbonyl (C=O) groups is 4. The number of Topliss-reactive ketones (excluding diaryl/α,β-unsaturated/α-hetero) is 1. The van der Waals surface area contributed by atoms with Crippen LogP contribution in [0.1, 0.15) is 32.6 Å². The van der Waals surface area contributed by atoms with Crippen LogP contribution < -0.4 is 0 Å². The van der Waals surface area contributed by atoms with Crippen LogP contribution in [-0.4, -0.2) is 112 Å². The average molecular weight is 401 g/mol. The molecule has 0 aromatic heterocycles. The molecule has 1 saturated heterocycles. The minimum absolute atomic E-state index is 0.0915. The minimum atomic E-state index is -0.988. The molecule has 0 spiro atoms. The first-order valence-electron chi connectivity index (χ1n) is 9.59. The first kappa shape index (κ1) is 24.0. The largest absolute Gasteiger partial charge is 0.480 e. The lowest BCUT2D eigenvalue weighted by atomic mass is 10.0. The summed E-state index contributed by atoms with van der Waals surface area (Å²) in [5.74, 6) is -2.86. The molecule has 1 heterocycles. The molecule has 1 fully saturated rings. The van der Waals surface area contributed by atoms with Crippen LogP contribution in [0.15, 0.2) is 0 Å². The molecule has 3 N–H and O–H groups in total. The van der Waals surface area contributed by atoms with Crippen molar-refractivity contribution in [3.63, 3.8) is 0 Å². The highest BCUT2D eigenvalue weighted by Crippen LogP contribution is 2.12. The smallest absolute Gasteiger partial charge is 0.320 e. The fraction of sp³-hybridized carbons (Fsp3) is 0.778. The SMILES string of the molecule is CCC(=O)CCC[C@H](C(=O)O)N1CCN(CC(=O)O)CCN(CC(=O)O)CC1. The van der Waals surface area contributed by atoms with Crippen LogP contribution in [0.4, 0.5) is 0 Å². The molecule has 1 atom stereocenters. The van der Waals surface area contributed by atoms with Crippen molar-refractivity contribution in [2.75, 3.05) is 52.4 Å². The van der Waals surface area contributed by atoms with E-state index in [0.29, 0.717) is 65.0 Å². The summed E-state index contributed by atoms with van der Waals surface area (Å²) in [6.07, 6.45) is 1.55. The van der Waals surface area contributed by atoms with Crippen molar-refractivity contribution in [3.05, 3.63) is 0 Å². The Morgan fingerprint density at radius 3 is 1.68 bits per heavy atom. The number of nitrogens with zero attached hydrogens (tertiary/aromatic N) is 3. The van der Waals surface area contributed by atoms with Gasteiger partial charge in [-0.2, -0.15) is 0 Å². The highest BCUT2D eigenvalue weighted by Gasteiger charge is 2.28. The molecule has 1 rings (SSSR count). The first-order chi connectivity index (χ1) is 13.2. The number of aliphatic carboxylic acids is 3. The Kier molecular flexibility index (Phi) is 10.6. The first-order valence-corrected chi connectivity index (χ1v) is 9.59. The number of carboxylic acids is 3. The maximum absolute atomic E-state index is 11.8. The predicted octanol–water partition coefficient (Wildman–Crippen LogP) is -0.322. The second-order valence-corrected chi connectivity index (χ2v) is 7.01. The normalized spacial score (nSPS) is 18.6. The third-order valence-electron chi connectivity index (χ3n) is 4.91. The molecule has 0 radical (unpaired) electrons. The molecule has 1 aliphatic rings. The number of ketones is 1. The van der Waals surface area contributed by atoms with Crippen molar-refractivity contribution in [2.45, 2.75) is 38.6 Å². The van der Waals surface area contributed by atoms with Gasteiger partial charge in [0.1, 0.15) is 11.8 Å². The Labute approximate surface area is 164 Å². The van der Waals surface area contributed by atoms with Crippen molar-refractivity contribution in [1.29, 1.82) is 0 Å². The van der Waals surface area contributed by atoms with Crippen LogP contribution in [0.2, 0.25) is 0 Å². The molecule has 0 bridgehead atoms. The van der Waals surface area contributed by atoms with Gasteiger partial charge in [-0.05, 0) is 12.8 Å². The molecule has 160 valence electrons. The van der Waals surface area contributed by atoms with E-state index in [-0.39, 0.29) is 18.9 Å². The molecule has 0 aromatic rings. The van der Waals surface area contributed by atoms with Crippen molar-refractivity contribution in [2.24, 2.45) is 0 Å². The number of rotatable bonds is 11. The van der Waals surface area contributed by atoms with Crippen molar-refractivity contribution < 1.29 is 34.5 Å². The van der Waals surface area contributed by atoms with Crippen LogP contribution in [0, 0.1) is 0 Å². The quantitative estimate of drug-likeness (QED) is 0.422. The molecule has 28 heavy (non-hydrogen) atoms. The summed E-state index contributed by atoms with van der Waals surface area (Å²) < 4.78 is 0. The van der Waals surface area contributed by atoms with Gasteiger partial charge in [0.2, 0.25) is 0 Å². The van der Waals surface area contributed by atoms with Gasteiger partial charge in [-0.25, -0.2) is 0 Å². The fourth-order valence-electron chi connectivity index (χ4n) is 3.30. The summed E-state index contributed by atoms with van der Waals surface area (Å²) in [7, 11) is 0. The molecule has 10 nitrogen and oxygen atoms in total. The van der Waals surface area contributed by atoms with Gasteiger partial charge in [-0.1, -0.05) is 6.92 Å². The van der Waals surface area contributed by atoms with Gasteiger partial charge in [-0.15, -0.1) is 0 Å². The number of hydrogen-bond acceptors (Lipinski definition) is 7. The zero-order valence-corrected chi connectivity index (χ0v) is 16.4. The van der Waals surface area contributed by atoms with Gasteiger partial charge in [-0.3, -0.25) is 33.9 Å². The summed E-state index contributed by atoms with van der Waals surface area (Å²) in [6, 6.07) is -0.791. The highest BCUT2D eigenvalue weighted by atomic mass is 16.4. The lowest BCUT2D eigenvalue weighted by Gasteiger charge is -2.30. The molecule has 10 heteroatoms. The van der Waals surface area contributed by atoms with Crippen molar-refractivity contribution in [1.82, 2.24) is 14.7 Å². The molecule has 0 aliphatic carbocycles. The van der Waals surface area contributed by atoms with E-state index >= 15 is 0 Å². The molecule has 0 saturated carbocycles. The van der Waals surface area contributed by atoms with E-state index in [0.717, 1.165) is 0 Å². The van der Waals surface area contributed by atoms with E-state index < -0.39 is 23.9 Å². The minimum Gasteiger partial charge on any atom is -0.480 e. The van der Waals surface area contributed by atoms with Gasteiger partial charge in [0.25, 0.3) is 0 Å². The predicted molar refractivity (Wildman–Crippen MR) is 100 cm³/mol. The van der Waals surface area contributed by atoms with Crippen LogP contribution in [0.5, 0.6) is 0 Å². The van der Waals surface area contributed by atoms with Gasteiger partial charge >= 0.3 is 17.9 Å². The van der Waals surface area contributed by atoms with Crippen LogP contribution >= 0.6 is 0 Å². The molecule has 0 amide bonds. The van der Waals surface area contributed by atoms with Crippen molar-refractivity contribution >= 4 is 23.7 Å². The van der Waals surface area contributed by atoms with E-state index in [1.165, 1.54) is 0 Å². The summed E-state index contributed by atoms with van der Waals surface area (Å²) >= 11 is 0. The van der Waals surface area contributed by atoms with Crippen LogP contribution in [0.3, 0.4) is 0 Å². The second kappa shape index (κ2) is 12.4. The Morgan fingerprint density at radius 2 is 1.29 bits per heavy atom. The third kappa shape index (κ3) is 9.25. The maximum Gasteiger partial charge on any atom is 0.320 e. The third-order valence-corrected chi connectivity index (χ3v) is 4.91. The Morgan fingerprint density at radius 1 is 0.821 bits per heavy atom. The average Bonchev–Trinajstić information content (AvgIpc) is 2.69. The number of carboxylic acid groups (broad SMARTS) is 3. The van der Waals surface area contributed by atoms with E-state index in [1.807, 2.05) is 0 Å². The Bertz CT molecular complexity index is 527. The molecule has 1 aliphatic heterocycles. The van der Waals surface area contributed by atoms with Gasteiger partial charge in [0.05, 0.1) is 13.1 Å². The maximum atomic E-state index is 11.8. The van der Waals surface area contributed by atoms with E-state index in [1.54, 1.807) is 21.6 Å². The van der Waals surface area contributed by atoms with Gasteiger partial charge in [0, 0.05) is 52.1 Å². The zero-order chi connectivity index (χ0) is 21.1. The second-order valence-electron chi connectivity index (χ2n) is 7.01. The van der Waals surface area contributed by atoms with Crippen molar-refractivity contribution in [3.8, 4) is 0 Å². The summed E-state index contributed by atoms with van der Waals surface area (Å²) in [5, 5.41) is 27.8. The van der Waals surface area contributed by atoms with Gasteiger partial charge < -0.3 is 15.3 Å². The lowest BCUT2D eigenvalue weighted by molar-refractivity contribution is -0.144.